The SMILES string of the molecule is C=CN(C=C(C)C)C(C(=C)NC)c1ccc(C)cc1. The van der Waals surface area contributed by atoms with Gasteiger partial charge in [-0.25, -0.2) is 0 Å². The van der Waals surface area contributed by atoms with Crippen LogP contribution in [-0.2, 0) is 0 Å². The number of nitrogens with one attached hydrogen (secondary N) is 1. The van der Waals surface area contributed by atoms with Crippen molar-refractivity contribution < 1.29 is 0 Å². The highest BCUT2D eigenvalue weighted by Gasteiger charge is 2.18. The first-order valence-corrected chi connectivity index (χ1v) is 6.47. The summed E-state index contributed by atoms with van der Waals surface area (Å²) in [6.07, 6.45) is 3.92. The van der Waals surface area contributed by atoms with E-state index in [1.807, 2.05) is 13.2 Å². The van der Waals surface area contributed by atoms with E-state index in [4.69, 9.17) is 0 Å². The summed E-state index contributed by atoms with van der Waals surface area (Å²) in [4.78, 5) is 2.08. The zero-order chi connectivity index (χ0) is 14.4. The Labute approximate surface area is 117 Å². The third-order valence-electron chi connectivity index (χ3n) is 2.96. The molecule has 1 unspecified atom stereocenters. The second-order valence-corrected chi connectivity index (χ2v) is 4.92. The number of nitrogens with zero attached hydrogens (tertiary/aromatic N) is 1. The van der Waals surface area contributed by atoms with Crippen LogP contribution in [0, 0.1) is 6.92 Å². The Morgan fingerprint density at radius 1 is 1.26 bits per heavy atom. The molecule has 0 radical (unpaired) electrons. The average Bonchev–Trinajstić information content (AvgIpc) is 2.39. The molecule has 1 atom stereocenters. The van der Waals surface area contributed by atoms with Crippen molar-refractivity contribution in [3.8, 4) is 0 Å². The molecule has 1 N–H and O–H groups in total. The number of allylic oxidation sites excluding steroid dienone is 1. The maximum atomic E-state index is 4.12. The lowest BCUT2D eigenvalue weighted by Gasteiger charge is -2.30. The molecule has 0 fully saturated rings. The lowest BCUT2D eigenvalue weighted by Crippen LogP contribution is -2.25. The smallest absolute Gasteiger partial charge is 0.0971 e. The van der Waals surface area contributed by atoms with Crippen LogP contribution >= 0.6 is 0 Å². The van der Waals surface area contributed by atoms with Crippen LogP contribution in [0.25, 0.3) is 0 Å². The topological polar surface area (TPSA) is 15.3 Å². The molecule has 0 saturated heterocycles. The Hall–Kier alpha value is -1.96. The highest BCUT2D eigenvalue weighted by atomic mass is 15.1. The van der Waals surface area contributed by atoms with Crippen molar-refractivity contribution in [2.24, 2.45) is 0 Å². The first kappa shape index (κ1) is 15.1. The van der Waals surface area contributed by atoms with Crippen LogP contribution in [0.5, 0.6) is 0 Å². The highest BCUT2D eigenvalue weighted by Crippen LogP contribution is 2.27. The summed E-state index contributed by atoms with van der Waals surface area (Å²) < 4.78 is 0. The minimum absolute atomic E-state index is 0.0537. The lowest BCUT2D eigenvalue weighted by molar-refractivity contribution is 0.406. The third kappa shape index (κ3) is 4.02. The van der Waals surface area contributed by atoms with E-state index in [2.05, 4.69) is 74.6 Å². The second-order valence-electron chi connectivity index (χ2n) is 4.92. The summed E-state index contributed by atoms with van der Waals surface area (Å²) in [5, 5.41) is 3.15. The zero-order valence-corrected chi connectivity index (χ0v) is 12.4. The largest absolute Gasteiger partial charge is 0.390 e. The lowest BCUT2D eigenvalue weighted by atomic mass is 10.0. The van der Waals surface area contributed by atoms with Gasteiger partial charge in [0, 0.05) is 18.9 Å². The number of hydrogen-bond acceptors (Lipinski definition) is 2. The molecule has 0 aliphatic carbocycles. The van der Waals surface area contributed by atoms with E-state index in [9.17, 15) is 0 Å². The molecule has 2 nitrogen and oxygen atoms in total. The Morgan fingerprint density at radius 3 is 2.26 bits per heavy atom. The van der Waals surface area contributed by atoms with Crippen molar-refractivity contribution in [3.05, 3.63) is 72.2 Å². The van der Waals surface area contributed by atoms with E-state index in [0.29, 0.717) is 0 Å². The van der Waals surface area contributed by atoms with Crippen LogP contribution in [-0.4, -0.2) is 11.9 Å². The molecule has 2 heteroatoms. The predicted molar refractivity (Wildman–Crippen MR) is 83.6 cm³/mol. The van der Waals surface area contributed by atoms with Crippen LogP contribution in [0.2, 0.25) is 0 Å². The Balaban J connectivity index is 3.20. The van der Waals surface area contributed by atoms with Crippen molar-refractivity contribution >= 4 is 0 Å². The van der Waals surface area contributed by atoms with E-state index in [1.165, 1.54) is 16.7 Å². The van der Waals surface area contributed by atoms with Gasteiger partial charge in [-0.1, -0.05) is 48.6 Å². The summed E-state index contributed by atoms with van der Waals surface area (Å²) in [6, 6.07) is 8.57. The van der Waals surface area contributed by atoms with Gasteiger partial charge in [-0.15, -0.1) is 0 Å². The molecule has 1 rings (SSSR count). The van der Waals surface area contributed by atoms with Crippen LogP contribution in [0.3, 0.4) is 0 Å². The van der Waals surface area contributed by atoms with Gasteiger partial charge in [-0.3, -0.25) is 0 Å². The van der Waals surface area contributed by atoms with Crippen LogP contribution in [0.1, 0.15) is 31.0 Å². The molecule has 0 amide bonds. The molecule has 0 aromatic heterocycles. The van der Waals surface area contributed by atoms with E-state index in [-0.39, 0.29) is 6.04 Å². The molecule has 0 aliphatic rings. The number of likely N-dealkylation sites (N-methyl/N-ethyl adjacent to an activating group) is 1. The summed E-state index contributed by atoms with van der Waals surface area (Å²) in [7, 11) is 1.90. The Kier molecular flexibility index (Phi) is 5.43. The molecular formula is C17H24N2. The minimum Gasteiger partial charge on any atom is -0.390 e. The standard InChI is InChI=1S/C17H24N2/c1-7-19(12-13(2)3)17(15(5)18-6)16-10-8-14(4)9-11-16/h7-12,17-18H,1,5H2,2-4,6H3. The van der Waals surface area contributed by atoms with Gasteiger partial charge >= 0.3 is 0 Å². The van der Waals surface area contributed by atoms with Gasteiger partial charge in [0.1, 0.15) is 0 Å². The Morgan fingerprint density at radius 2 is 1.84 bits per heavy atom. The normalized spacial score (nSPS) is 11.4. The average molecular weight is 256 g/mol. The fourth-order valence-electron chi connectivity index (χ4n) is 1.97. The third-order valence-corrected chi connectivity index (χ3v) is 2.96. The van der Waals surface area contributed by atoms with Gasteiger partial charge < -0.3 is 10.2 Å². The molecule has 0 spiro atoms. The van der Waals surface area contributed by atoms with Crippen LogP contribution in [0.15, 0.2) is 61.1 Å². The maximum Gasteiger partial charge on any atom is 0.0971 e. The van der Waals surface area contributed by atoms with E-state index < -0.39 is 0 Å². The maximum absolute atomic E-state index is 4.12. The predicted octanol–water partition coefficient (Wildman–Crippen LogP) is 4.14. The second kappa shape index (κ2) is 6.83. The van der Waals surface area contributed by atoms with Crippen molar-refractivity contribution in [2.45, 2.75) is 26.8 Å². The zero-order valence-electron chi connectivity index (χ0n) is 12.4. The van der Waals surface area contributed by atoms with Crippen LogP contribution < -0.4 is 5.32 Å². The summed E-state index contributed by atoms with van der Waals surface area (Å²) in [5.41, 5.74) is 4.62. The van der Waals surface area contributed by atoms with E-state index in [0.717, 1.165) is 5.70 Å². The first-order valence-electron chi connectivity index (χ1n) is 6.47. The number of hydrogen-bond donors (Lipinski definition) is 1. The molecule has 0 saturated carbocycles. The highest BCUT2D eigenvalue weighted by molar-refractivity contribution is 5.30. The molecule has 0 bridgehead atoms. The molecule has 0 heterocycles. The summed E-state index contributed by atoms with van der Waals surface area (Å²) in [6.45, 7) is 14.3. The van der Waals surface area contributed by atoms with Gasteiger partial charge in [0.25, 0.3) is 0 Å². The molecule has 19 heavy (non-hydrogen) atoms. The minimum atomic E-state index is 0.0537. The molecular weight excluding hydrogens is 232 g/mol. The fraction of sp³-hybridized carbons (Fsp3) is 0.294. The van der Waals surface area contributed by atoms with Crippen molar-refractivity contribution in [1.29, 1.82) is 0 Å². The first-order chi connectivity index (χ1) is 8.99. The van der Waals surface area contributed by atoms with Crippen LogP contribution in [0.4, 0.5) is 0 Å². The monoisotopic (exact) mass is 256 g/mol. The molecule has 1 aromatic rings. The van der Waals surface area contributed by atoms with Gasteiger partial charge in [0.15, 0.2) is 0 Å². The van der Waals surface area contributed by atoms with E-state index in [1.54, 1.807) is 0 Å². The molecule has 102 valence electrons. The van der Waals surface area contributed by atoms with Crippen molar-refractivity contribution in [3.63, 3.8) is 0 Å². The van der Waals surface area contributed by atoms with Gasteiger partial charge in [-0.05, 0) is 32.5 Å². The Bertz CT molecular complexity index is 465. The van der Waals surface area contributed by atoms with Gasteiger partial charge in [0.05, 0.1) is 6.04 Å². The molecule has 1 aromatic carbocycles. The summed E-state index contributed by atoms with van der Waals surface area (Å²) >= 11 is 0. The van der Waals surface area contributed by atoms with Gasteiger partial charge in [0.2, 0.25) is 0 Å². The molecule has 0 aliphatic heterocycles. The number of benzene rings is 1. The van der Waals surface area contributed by atoms with Crippen molar-refractivity contribution in [1.82, 2.24) is 10.2 Å². The number of rotatable bonds is 6. The quantitative estimate of drug-likeness (QED) is 0.823. The van der Waals surface area contributed by atoms with E-state index >= 15 is 0 Å². The van der Waals surface area contributed by atoms with Gasteiger partial charge in [-0.2, -0.15) is 0 Å². The number of aryl methyl sites for hydroxylation is 1. The van der Waals surface area contributed by atoms with Crippen molar-refractivity contribution in [2.75, 3.05) is 7.05 Å². The summed E-state index contributed by atoms with van der Waals surface area (Å²) in [5.74, 6) is 0. The fourth-order valence-corrected chi connectivity index (χ4v) is 1.97.